The van der Waals surface area contributed by atoms with Crippen molar-refractivity contribution in [1.29, 1.82) is 0 Å². The molecule has 1 heterocycles. The number of carbonyl (C=O) groups is 1. The van der Waals surface area contributed by atoms with Crippen molar-refractivity contribution < 1.29 is 18.3 Å². The van der Waals surface area contributed by atoms with E-state index >= 15 is 0 Å². The maximum atomic E-state index is 13.0. The van der Waals surface area contributed by atoms with Crippen molar-refractivity contribution in [3.63, 3.8) is 0 Å². The third kappa shape index (κ3) is 5.95. The van der Waals surface area contributed by atoms with E-state index in [1.54, 1.807) is 24.3 Å². The number of anilines is 1. The Hall–Kier alpha value is -2.65. The minimum Gasteiger partial charge on any atom is -0.433 e. The van der Waals surface area contributed by atoms with Gasteiger partial charge in [-0.25, -0.2) is 4.98 Å². The van der Waals surface area contributed by atoms with Crippen LogP contribution in [-0.4, -0.2) is 27.8 Å². The molecule has 0 aliphatic rings. The van der Waals surface area contributed by atoms with E-state index in [2.05, 4.69) is 15.0 Å². The highest BCUT2D eigenvalue weighted by molar-refractivity contribution is 7.99. The van der Waals surface area contributed by atoms with Crippen LogP contribution < -0.4 is 15.6 Å². The van der Waals surface area contributed by atoms with Crippen LogP contribution in [0, 0.1) is 5.92 Å². The molecule has 0 unspecified atom stereocenters. The second-order valence-corrected chi connectivity index (χ2v) is 8.46. The largest absolute Gasteiger partial charge is 0.433 e. The lowest BCUT2D eigenvalue weighted by atomic mass is 10.2. The molecule has 0 atom stereocenters. The predicted octanol–water partition coefficient (Wildman–Crippen LogP) is 5.04. The number of thioether (sulfide) groups is 1. The Bertz CT molecular complexity index is 1150. The Morgan fingerprint density at radius 3 is 2.71 bits per heavy atom. The summed E-state index contributed by atoms with van der Waals surface area (Å²) in [6, 6.07) is 10.8. The van der Waals surface area contributed by atoms with Gasteiger partial charge in [-0.15, -0.1) is 0 Å². The average molecular weight is 468 g/mol. The van der Waals surface area contributed by atoms with Crippen molar-refractivity contribution in [2.24, 2.45) is 5.92 Å². The fraction of sp³-hybridized carbons (Fsp3) is 0.286. The van der Waals surface area contributed by atoms with E-state index in [0.717, 1.165) is 11.8 Å². The molecule has 6 nitrogen and oxygen atoms in total. The van der Waals surface area contributed by atoms with Gasteiger partial charge in [0.2, 0.25) is 5.91 Å². The summed E-state index contributed by atoms with van der Waals surface area (Å²) in [5.41, 5.74) is 0.377. The Kier molecular flexibility index (Phi) is 7.50. The van der Waals surface area contributed by atoms with E-state index in [-0.39, 0.29) is 28.7 Å². The Labute approximate surface area is 186 Å². The van der Waals surface area contributed by atoms with Crippen molar-refractivity contribution in [3.05, 3.63) is 57.8 Å². The van der Waals surface area contributed by atoms with Gasteiger partial charge in [-0.2, -0.15) is 8.78 Å². The van der Waals surface area contributed by atoms with Crippen LogP contribution in [0.5, 0.6) is 5.75 Å². The highest BCUT2D eigenvalue weighted by atomic mass is 35.5. The summed E-state index contributed by atoms with van der Waals surface area (Å²) in [4.78, 5) is 30.0. The smallest absolute Gasteiger partial charge is 0.387 e. The molecule has 1 amide bonds. The molecule has 0 aliphatic carbocycles. The first-order valence-electron chi connectivity index (χ1n) is 9.41. The monoisotopic (exact) mass is 467 g/mol. The molecule has 3 rings (SSSR count). The molecule has 1 N–H and O–H groups in total. The number of aromatic nitrogens is 2. The lowest BCUT2D eigenvalue weighted by Crippen LogP contribution is -2.26. The van der Waals surface area contributed by atoms with E-state index in [1.165, 1.54) is 22.8 Å². The van der Waals surface area contributed by atoms with Crippen LogP contribution in [0.1, 0.15) is 13.8 Å². The molecule has 31 heavy (non-hydrogen) atoms. The van der Waals surface area contributed by atoms with Crippen LogP contribution in [0.3, 0.4) is 0 Å². The number of alkyl halides is 2. The number of hydrogen-bond donors (Lipinski definition) is 1. The molecule has 1 aromatic heterocycles. The molecule has 0 spiro atoms. The molecule has 0 bridgehead atoms. The molecule has 0 saturated heterocycles. The highest BCUT2D eigenvalue weighted by Gasteiger charge is 2.16. The number of rotatable bonds is 8. The number of carbonyl (C=O) groups excluding carboxylic acids is 1. The molecule has 10 heteroatoms. The number of amides is 1. The van der Waals surface area contributed by atoms with Crippen LogP contribution in [0.15, 0.2) is 52.4 Å². The second kappa shape index (κ2) is 10.1. The zero-order valence-corrected chi connectivity index (χ0v) is 18.3. The number of benzene rings is 2. The van der Waals surface area contributed by atoms with Gasteiger partial charge in [-0.3, -0.25) is 14.2 Å². The van der Waals surface area contributed by atoms with Gasteiger partial charge in [0.05, 0.1) is 22.3 Å². The fourth-order valence-electron chi connectivity index (χ4n) is 2.89. The van der Waals surface area contributed by atoms with Gasteiger partial charge in [-0.05, 0) is 36.2 Å². The van der Waals surface area contributed by atoms with E-state index in [9.17, 15) is 18.4 Å². The molecule has 3 aromatic rings. The SMILES string of the molecule is CC(C)Cn1c(SCC(=O)Nc2ccccc2OC(F)F)nc2ccc(Cl)cc2c1=O. The summed E-state index contributed by atoms with van der Waals surface area (Å²) < 4.78 is 31.1. The number of hydrogen-bond acceptors (Lipinski definition) is 5. The molecule has 0 fully saturated rings. The molecule has 0 aliphatic heterocycles. The van der Waals surface area contributed by atoms with Gasteiger partial charge in [0.15, 0.2) is 5.16 Å². The van der Waals surface area contributed by atoms with Crippen LogP contribution in [-0.2, 0) is 11.3 Å². The first-order chi connectivity index (χ1) is 14.7. The number of nitrogens with zero attached hydrogens (tertiary/aromatic N) is 2. The van der Waals surface area contributed by atoms with E-state index in [0.29, 0.717) is 27.6 Å². The predicted molar refractivity (Wildman–Crippen MR) is 118 cm³/mol. The number of nitrogens with one attached hydrogen (secondary N) is 1. The molecule has 2 aromatic carbocycles. The third-order valence-corrected chi connectivity index (χ3v) is 5.35. The number of fused-ring (bicyclic) bond motifs is 1. The summed E-state index contributed by atoms with van der Waals surface area (Å²) in [5, 5.41) is 3.78. The summed E-state index contributed by atoms with van der Waals surface area (Å²) in [7, 11) is 0. The Morgan fingerprint density at radius 1 is 1.26 bits per heavy atom. The van der Waals surface area contributed by atoms with E-state index < -0.39 is 12.5 Å². The van der Waals surface area contributed by atoms with Crippen molar-refractivity contribution in [3.8, 4) is 5.75 Å². The molecule has 0 radical (unpaired) electrons. The molecular formula is C21H20ClF2N3O3S. The van der Waals surface area contributed by atoms with Gasteiger partial charge in [0.1, 0.15) is 5.75 Å². The average Bonchev–Trinajstić information content (AvgIpc) is 2.70. The van der Waals surface area contributed by atoms with Crippen LogP contribution >= 0.6 is 23.4 Å². The zero-order valence-electron chi connectivity index (χ0n) is 16.8. The van der Waals surface area contributed by atoms with Crippen LogP contribution in [0.2, 0.25) is 5.02 Å². The summed E-state index contributed by atoms with van der Waals surface area (Å²) in [5.74, 6) is -0.486. The summed E-state index contributed by atoms with van der Waals surface area (Å²) in [6.45, 7) is 1.35. The Balaban J connectivity index is 1.82. The van der Waals surface area contributed by atoms with Gasteiger partial charge in [0.25, 0.3) is 5.56 Å². The van der Waals surface area contributed by atoms with Crippen LogP contribution in [0.25, 0.3) is 10.9 Å². The lowest BCUT2D eigenvalue weighted by Gasteiger charge is -2.15. The van der Waals surface area contributed by atoms with E-state index in [4.69, 9.17) is 11.6 Å². The topological polar surface area (TPSA) is 73.2 Å². The van der Waals surface area contributed by atoms with Crippen molar-refractivity contribution in [2.45, 2.75) is 32.2 Å². The van der Waals surface area contributed by atoms with Gasteiger partial charge < -0.3 is 10.1 Å². The number of ether oxygens (including phenoxy) is 1. The molecule has 0 saturated carbocycles. The maximum Gasteiger partial charge on any atom is 0.387 e. The van der Waals surface area contributed by atoms with Crippen molar-refractivity contribution in [1.82, 2.24) is 9.55 Å². The minimum atomic E-state index is -3.01. The maximum absolute atomic E-state index is 13.0. The van der Waals surface area contributed by atoms with Crippen molar-refractivity contribution >= 4 is 45.9 Å². The quantitative estimate of drug-likeness (QED) is 0.371. The normalized spacial score (nSPS) is 11.3. The fourth-order valence-corrected chi connectivity index (χ4v) is 3.87. The summed E-state index contributed by atoms with van der Waals surface area (Å²) >= 11 is 7.11. The van der Waals surface area contributed by atoms with Gasteiger partial charge >= 0.3 is 6.61 Å². The van der Waals surface area contributed by atoms with Crippen molar-refractivity contribution in [2.75, 3.05) is 11.1 Å². The summed E-state index contributed by atoms with van der Waals surface area (Å²) in [6.07, 6.45) is 0. The zero-order chi connectivity index (χ0) is 22.5. The second-order valence-electron chi connectivity index (χ2n) is 7.08. The first-order valence-corrected chi connectivity index (χ1v) is 10.8. The lowest BCUT2D eigenvalue weighted by molar-refractivity contribution is -0.113. The first kappa shape index (κ1) is 23.0. The molecular weight excluding hydrogens is 448 g/mol. The number of halogens is 3. The Morgan fingerprint density at radius 2 is 2.00 bits per heavy atom. The molecule has 164 valence electrons. The highest BCUT2D eigenvalue weighted by Crippen LogP contribution is 2.26. The van der Waals surface area contributed by atoms with Crippen LogP contribution in [0.4, 0.5) is 14.5 Å². The van der Waals surface area contributed by atoms with Gasteiger partial charge in [-0.1, -0.05) is 49.3 Å². The van der Waals surface area contributed by atoms with E-state index in [1.807, 2.05) is 13.8 Å². The number of para-hydroxylation sites is 2. The van der Waals surface area contributed by atoms with Gasteiger partial charge in [0, 0.05) is 11.6 Å². The third-order valence-electron chi connectivity index (χ3n) is 4.14. The standard InChI is InChI=1S/C21H20ClF2N3O3S/c1-12(2)10-27-19(29)14-9-13(22)7-8-15(14)26-21(27)31-11-18(28)25-16-5-3-4-6-17(16)30-20(23)24/h3-9,12,20H,10-11H2,1-2H3,(H,25,28). The minimum absolute atomic E-state index is 0.0767.